The molecule has 0 N–H and O–H groups in total. The van der Waals surface area contributed by atoms with Crippen LogP contribution in [0.25, 0.3) is 10.8 Å². The molecule has 2 heteroatoms. The van der Waals surface area contributed by atoms with Crippen molar-refractivity contribution < 1.29 is 9.53 Å². The summed E-state index contributed by atoms with van der Waals surface area (Å²) >= 11 is 0. The van der Waals surface area contributed by atoms with Gasteiger partial charge in [0.15, 0.2) is 0 Å². The van der Waals surface area contributed by atoms with E-state index in [1.165, 1.54) is 134 Å². The summed E-state index contributed by atoms with van der Waals surface area (Å²) in [5.74, 6) is 1.07. The van der Waals surface area contributed by atoms with E-state index in [0.717, 1.165) is 5.39 Å². The Bertz CT molecular complexity index is 827. The highest BCUT2D eigenvalue weighted by Crippen LogP contribution is 2.25. The van der Waals surface area contributed by atoms with Gasteiger partial charge in [-0.3, -0.25) is 4.79 Å². The number of unbranched alkanes of at least 4 members (excludes halogenated alkanes) is 16. The third-order valence-electron chi connectivity index (χ3n) is 7.84. The van der Waals surface area contributed by atoms with Crippen LogP contribution in [-0.2, 0) is 4.79 Å². The Morgan fingerprint density at radius 2 is 1.05 bits per heavy atom. The predicted molar refractivity (Wildman–Crippen MR) is 161 cm³/mol. The zero-order valence-electron chi connectivity index (χ0n) is 24.3. The summed E-state index contributed by atoms with van der Waals surface area (Å²) in [6, 6.07) is 14.2. The lowest BCUT2D eigenvalue weighted by atomic mass is 9.91. The molecule has 0 radical (unpaired) electrons. The van der Waals surface area contributed by atoms with Crippen LogP contribution in [0.15, 0.2) is 42.5 Å². The molecule has 2 rings (SSSR count). The third kappa shape index (κ3) is 15.2. The molecule has 2 aromatic carbocycles. The molecule has 0 saturated heterocycles. The van der Waals surface area contributed by atoms with E-state index in [4.69, 9.17) is 4.74 Å². The van der Waals surface area contributed by atoms with Crippen LogP contribution in [0.4, 0.5) is 0 Å². The van der Waals surface area contributed by atoms with Gasteiger partial charge in [-0.2, -0.15) is 0 Å². The Balaban J connectivity index is 1.71. The topological polar surface area (TPSA) is 26.3 Å². The predicted octanol–water partition coefficient (Wildman–Crippen LogP) is 11.6. The summed E-state index contributed by atoms with van der Waals surface area (Å²) in [5.41, 5.74) is 0. The minimum Gasteiger partial charge on any atom is -0.426 e. The largest absolute Gasteiger partial charge is 0.426 e. The fourth-order valence-corrected chi connectivity index (χ4v) is 5.48. The minimum absolute atomic E-state index is 0.0630. The molecule has 0 aromatic heterocycles. The smallest absolute Gasteiger partial charge is 0.311 e. The van der Waals surface area contributed by atoms with E-state index in [9.17, 15) is 4.79 Å². The van der Waals surface area contributed by atoms with Crippen molar-refractivity contribution in [3.63, 3.8) is 0 Å². The van der Waals surface area contributed by atoms with Crippen molar-refractivity contribution in [1.82, 2.24) is 0 Å². The Morgan fingerprint density at radius 3 is 1.57 bits per heavy atom. The highest BCUT2D eigenvalue weighted by atomic mass is 16.5. The van der Waals surface area contributed by atoms with Crippen LogP contribution >= 0.6 is 0 Å². The first-order valence-electron chi connectivity index (χ1n) is 15.9. The lowest BCUT2D eigenvalue weighted by Crippen LogP contribution is -2.14. The summed E-state index contributed by atoms with van der Waals surface area (Å²) in [5, 5.41) is 2.30. The number of benzene rings is 2. The molecule has 1 unspecified atom stereocenters. The van der Waals surface area contributed by atoms with E-state index in [1.807, 2.05) is 30.3 Å². The molecule has 1 atom stereocenters. The SMILES string of the molecule is CCCCCCCCCCCCC(CCCCCCCCCC)CC(=O)Oc1ccc2ccccc2c1. The molecule has 37 heavy (non-hydrogen) atoms. The van der Waals surface area contributed by atoms with Crippen molar-refractivity contribution in [2.45, 2.75) is 149 Å². The average Bonchev–Trinajstić information content (AvgIpc) is 2.91. The monoisotopic (exact) mass is 508 g/mol. The molecule has 2 nitrogen and oxygen atoms in total. The Morgan fingerprint density at radius 1 is 0.595 bits per heavy atom. The van der Waals surface area contributed by atoms with Crippen molar-refractivity contribution in [3.05, 3.63) is 42.5 Å². The van der Waals surface area contributed by atoms with Gasteiger partial charge in [-0.05, 0) is 41.7 Å². The maximum atomic E-state index is 12.9. The van der Waals surface area contributed by atoms with E-state index in [1.54, 1.807) is 0 Å². The molecule has 0 saturated carbocycles. The molecular formula is C35H56O2. The van der Waals surface area contributed by atoms with Crippen LogP contribution < -0.4 is 4.74 Å². The maximum Gasteiger partial charge on any atom is 0.311 e. The van der Waals surface area contributed by atoms with E-state index in [0.29, 0.717) is 18.1 Å². The molecule has 0 aliphatic heterocycles. The first-order valence-corrected chi connectivity index (χ1v) is 15.9. The average molecular weight is 509 g/mol. The number of carbonyl (C=O) groups excluding carboxylic acids is 1. The molecule has 0 heterocycles. The second-order valence-electron chi connectivity index (χ2n) is 11.3. The summed E-state index contributed by atoms with van der Waals surface area (Å²) < 4.78 is 5.80. The third-order valence-corrected chi connectivity index (χ3v) is 7.84. The number of hydrogen-bond donors (Lipinski definition) is 0. The van der Waals surface area contributed by atoms with Gasteiger partial charge >= 0.3 is 5.97 Å². The summed E-state index contributed by atoms with van der Waals surface area (Å²) in [6.45, 7) is 4.56. The number of esters is 1. The first kappa shape index (κ1) is 31.4. The maximum absolute atomic E-state index is 12.9. The number of rotatable bonds is 23. The number of hydrogen-bond acceptors (Lipinski definition) is 2. The summed E-state index contributed by atoms with van der Waals surface area (Å²) in [4.78, 5) is 12.9. The summed E-state index contributed by atoms with van der Waals surface area (Å²) in [7, 11) is 0. The fraction of sp³-hybridized carbons (Fsp3) is 0.686. The van der Waals surface area contributed by atoms with Crippen LogP contribution in [-0.4, -0.2) is 5.97 Å². The normalized spacial score (nSPS) is 12.2. The van der Waals surface area contributed by atoms with Gasteiger partial charge in [-0.25, -0.2) is 0 Å². The number of carbonyl (C=O) groups is 1. The Hall–Kier alpha value is -1.83. The molecular weight excluding hydrogens is 452 g/mol. The summed E-state index contributed by atoms with van der Waals surface area (Å²) in [6.07, 6.45) is 27.2. The molecule has 0 amide bonds. The second kappa shape index (κ2) is 21.1. The first-order chi connectivity index (χ1) is 18.2. The van der Waals surface area contributed by atoms with E-state index < -0.39 is 0 Å². The van der Waals surface area contributed by atoms with Crippen LogP contribution in [0.5, 0.6) is 5.75 Å². The van der Waals surface area contributed by atoms with Crippen molar-refractivity contribution in [2.75, 3.05) is 0 Å². The van der Waals surface area contributed by atoms with Crippen molar-refractivity contribution in [2.24, 2.45) is 5.92 Å². The number of ether oxygens (including phenoxy) is 1. The van der Waals surface area contributed by atoms with Crippen LogP contribution in [0.3, 0.4) is 0 Å². The van der Waals surface area contributed by atoms with Gasteiger partial charge in [0.1, 0.15) is 5.75 Å². The van der Waals surface area contributed by atoms with E-state index in [-0.39, 0.29) is 5.97 Å². The fourth-order valence-electron chi connectivity index (χ4n) is 5.48. The van der Waals surface area contributed by atoms with Crippen LogP contribution in [0.2, 0.25) is 0 Å². The zero-order valence-corrected chi connectivity index (χ0v) is 24.3. The van der Waals surface area contributed by atoms with Gasteiger partial charge in [0.2, 0.25) is 0 Å². The molecule has 2 aromatic rings. The van der Waals surface area contributed by atoms with Crippen molar-refractivity contribution >= 4 is 16.7 Å². The lowest BCUT2D eigenvalue weighted by molar-refractivity contribution is -0.135. The van der Waals surface area contributed by atoms with Crippen LogP contribution in [0.1, 0.15) is 149 Å². The van der Waals surface area contributed by atoms with Crippen LogP contribution in [0, 0.1) is 5.92 Å². The van der Waals surface area contributed by atoms with E-state index in [2.05, 4.69) is 26.0 Å². The van der Waals surface area contributed by atoms with Gasteiger partial charge in [-0.1, -0.05) is 160 Å². The van der Waals surface area contributed by atoms with Gasteiger partial charge in [0.25, 0.3) is 0 Å². The Labute approximate surface area is 229 Å². The van der Waals surface area contributed by atoms with Gasteiger partial charge in [0.05, 0.1) is 0 Å². The lowest BCUT2D eigenvalue weighted by Gasteiger charge is -2.16. The van der Waals surface area contributed by atoms with Gasteiger partial charge in [0, 0.05) is 6.42 Å². The van der Waals surface area contributed by atoms with Crippen molar-refractivity contribution in [1.29, 1.82) is 0 Å². The molecule has 0 spiro atoms. The molecule has 208 valence electrons. The van der Waals surface area contributed by atoms with Gasteiger partial charge in [-0.15, -0.1) is 0 Å². The quantitative estimate of drug-likeness (QED) is 0.0847. The highest BCUT2D eigenvalue weighted by Gasteiger charge is 2.16. The number of fused-ring (bicyclic) bond motifs is 1. The van der Waals surface area contributed by atoms with Crippen molar-refractivity contribution in [3.8, 4) is 5.75 Å². The molecule has 0 fully saturated rings. The van der Waals surface area contributed by atoms with E-state index >= 15 is 0 Å². The highest BCUT2D eigenvalue weighted by molar-refractivity contribution is 5.84. The molecule has 0 aliphatic carbocycles. The molecule has 0 aliphatic rings. The zero-order chi connectivity index (χ0) is 26.4. The second-order valence-corrected chi connectivity index (χ2v) is 11.3. The Kier molecular flexibility index (Phi) is 17.9. The molecule has 0 bridgehead atoms. The van der Waals surface area contributed by atoms with Gasteiger partial charge < -0.3 is 4.74 Å². The standard InChI is InChI=1S/C35H56O2/c1-3-5-7-9-11-13-14-16-18-20-24-31(23-19-17-15-12-10-8-6-4-2)29-35(36)37-34-28-27-32-25-21-22-26-33(32)30-34/h21-22,25-28,30-31H,3-20,23-24,29H2,1-2H3. The minimum atomic E-state index is -0.0630.